The van der Waals surface area contributed by atoms with Crippen molar-refractivity contribution >= 4 is 17.9 Å². The van der Waals surface area contributed by atoms with Crippen LogP contribution in [0.1, 0.15) is 162 Å². The van der Waals surface area contributed by atoms with Crippen molar-refractivity contribution in [1.29, 1.82) is 0 Å². The molecule has 0 saturated heterocycles. The third-order valence-electron chi connectivity index (χ3n) is 6.61. The third-order valence-corrected chi connectivity index (χ3v) is 6.61. The lowest BCUT2D eigenvalue weighted by atomic mass is 10.0. The standard InChI is InChI=1S/C31H58O6/c1-4-7-10-11-12-13-14-15-16-17-18-19-22-25-31(34)37-28(26-35-29(32)23-20-8-5-2)27-36-30(33)24-21-9-6-3/h28H,4-27H2,1-3H3. The van der Waals surface area contributed by atoms with Crippen LogP contribution in [0.15, 0.2) is 0 Å². The molecule has 0 aromatic carbocycles. The van der Waals surface area contributed by atoms with Crippen molar-refractivity contribution in [2.75, 3.05) is 13.2 Å². The van der Waals surface area contributed by atoms with Crippen LogP contribution in [0.3, 0.4) is 0 Å². The van der Waals surface area contributed by atoms with Gasteiger partial charge in [-0.2, -0.15) is 0 Å². The zero-order valence-electron chi connectivity index (χ0n) is 24.5. The van der Waals surface area contributed by atoms with E-state index in [0.717, 1.165) is 57.8 Å². The molecule has 0 aliphatic heterocycles. The van der Waals surface area contributed by atoms with Gasteiger partial charge in [0.1, 0.15) is 13.2 Å². The first-order valence-corrected chi connectivity index (χ1v) is 15.5. The summed E-state index contributed by atoms with van der Waals surface area (Å²) in [4.78, 5) is 36.3. The first-order chi connectivity index (χ1) is 18.0. The Bertz CT molecular complexity index is 522. The molecule has 0 atom stereocenters. The average Bonchev–Trinajstić information content (AvgIpc) is 2.88. The Morgan fingerprint density at radius 3 is 1.14 bits per heavy atom. The van der Waals surface area contributed by atoms with Gasteiger partial charge in [0.2, 0.25) is 0 Å². The maximum atomic E-state index is 12.4. The first-order valence-electron chi connectivity index (χ1n) is 15.5. The predicted molar refractivity (Wildman–Crippen MR) is 150 cm³/mol. The van der Waals surface area contributed by atoms with E-state index in [9.17, 15) is 14.4 Å². The minimum Gasteiger partial charge on any atom is -0.462 e. The van der Waals surface area contributed by atoms with Gasteiger partial charge in [-0.1, -0.05) is 124 Å². The Balaban J connectivity index is 4.10. The highest BCUT2D eigenvalue weighted by atomic mass is 16.6. The Labute approximate surface area is 228 Å². The van der Waals surface area contributed by atoms with Gasteiger partial charge < -0.3 is 14.2 Å². The van der Waals surface area contributed by atoms with Crippen molar-refractivity contribution in [2.24, 2.45) is 0 Å². The summed E-state index contributed by atoms with van der Waals surface area (Å²) < 4.78 is 16.1. The van der Waals surface area contributed by atoms with Gasteiger partial charge in [-0.25, -0.2) is 0 Å². The average molecular weight is 527 g/mol. The van der Waals surface area contributed by atoms with Gasteiger partial charge in [-0.15, -0.1) is 0 Å². The van der Waals surface area contributed by atoms with Crippen molar-refractivity contribution in [2.45, 2.75) is 168 Å². The summed E-state index contributed by atoms with van der Waals surface area (Å²) >= 11 is 0. The number of hydrogen-bond acceptors (Lipinski definition) is 6. The molecule has 0 aromatic heterocycles. The highest BCUT2D eigenvalue weighted by Gasteiger charge is 2.19. The summed E-state index contributed by atoms with van der Waals surface area (Å²) in [5.74, 6) is -0.933. The van der Waals surface area contributed by atoms with E-state index in [-0.39, 0.29) is 31.1 Å². The number of carbonyl (C=O) groups excluding carboxylic acids is 3. The van der Waals surface area contributed by atoms with Crippen LogP contribution < -0.4 is 0 Å². The maximum absolute atomic E-state index is 12.4. The molecular formula is C31H58O6. The summed E-state index contributed by atoms with van der Waals surface area (Å²) in [6.07, 6.45) is 22.1. The molecule has 0 unspecified atom stereocenters. The fourth-order valence-corrected chi connectivity index (χ4v) is 4.20. The molecule has 0 aromatic rings. The van der Waals surface area contributed by atoms with E-state index in [2.05, 4.69) is 20.8 Å². The van der Waals surface area contributed by atoms with Crippen molar-refractivity contribution in [3.8, 4) is 0 Å². The SMILES string of the molecule is CCCCCCCCCCCCCCCC(=O)OC(COC(=O)CCCCC)COC(=O)CCCCC. The summed E-state index contributed by atoms with van der Waals surface area (Å²) in [5.41, 5.74) is 0. The first kappa shape index (κ1) is 35.4. The minimum atomic E-state index is -0.750. The second kappa shape index (κ2) is 27.4. The molecule has 0 radical (unpaired) electrons. The molecule has 0 amide bonds. The fourth-order valence-electron chi connectivity index (χ4n) is 4.20. The van der Waals surface area contributed by atoms with Gasteiger partial charge in [-0.05, 0) is 19.3 Å². The lowest BCUT2D eigenvalue weighted by Gasteiger charge is -2.18. The highest BCUT2D eigenvalue weighted by molar-refractivity contribution is 5.71. The van der Waals surface area contributed by atoms with E-state index < -0.39 is 6.10 Å². The molecule has 6 heteroatoms. The fraction of sp³-hybridized carbons (Fsp3) is 0.903. The van der Waals surface area contributed by atoms with Gasteiger partial charge in [0, 0.05) is 19.3 Å². The third kappa shape index (κ3) is 25.8. The Morgan fingerprint density at radius 1 is 0.432 bits per heavy atom. The largest absolute Gasteiger partial charge is 0.462 e. The molecule has 0 aliphatic rings. The molecule has 0 heterocycles. The monoisotopic (exact) mass is 526 g/mol. The van der Waals surface area contributed by atoms with E-state index in [0.29, 0.717) is 19.3 Å². The molecule has 0 aliphatic carbocycles. The molecule has 0 fully saturated rings. The number of carbonyl (C=O) groups is 3. The molecule has 0 N–H and O–H groups in total. The predicted octanol–water partition coefficient (Wildman–Crippen LogP) is 8.63. The van der Waals surface area contributed by atoms with Gasteiger partial charge in [0.25, 0.3) is 0 Å². The summed E-state index contributed by atoms with van der Waals surface area (Å²) in [6, 6.07) is 0. The number of unbranched alkanes of at least 4 members (excludes halogenated alkanes) is 16. The Kier molecular flexibility index (Phi) is 26.3. The van der Waals surface area contributed by atoms with Gasteiger partial charge in [0.05, 0.1) is 0 Å². The number of ether oxygens (including phenoxy) is 3. The van der Waals surface area contributed by atoms with Crippen molar-refractivity contribution in [3.05, 3.63) is 0 Å². The summed E-state index contributed by atoms with van der Waals surface area (Å²) in [5, 5.41) is 0. The quantitative estimate of drug-likeness (QED) is 0.0605. The van der Waals surface area contributed by atoms with Crippen LogP contribution in [0.2, 0.25) is 0 Å². The Morgan fingerprint density at radius 2 is 0.730 bits per heavy atom. The van der Waals surface area contributed by atoms with Crippen LogP contribution in [0.4, 0.5) is 0 Å². The molecule has 37 heavy (non-hydrogen) atoms. The van der Waals surface area contributed by atoms with Crippen LogP contribution in [0, 0.1) is 0 Å². The topological polar surface area (TPSA) is 78.9 Å². The van der Waals surface area contributed by atoms with Gasteiger partial charge in [0.15, 0.2) is 6.10 Å². The van der Waals surface area contributed by atoms with Gasteiger partial charge >= 0.3 is 17.9 Å². The molecule has 0 saturated carbocycles. The summed E-state index contributed by atoms with van der Waals surface area (Å²) in [7, 11) is 0. The van der Waals surface area contributed by atoms with Gasteiger partial charge in [-0.3, -0.25) is 14.4 Å². The van der Waals surface area contributed by atoms with Crippen molar-refractivity contribution in [3.63, 3.8) is 0 Å². The number of rotatable bonds is 27. The number of esters is 3. The Hall–Kier alpha value is -1.59. The van der Waals surface area contributed by atoms with E-state index in [1.807, 2.05) is 0 Å². The van der Waals surface area contributed by atoms with Crippen LogP contribution in [0.25, 0.3) is 0 Å². The molecule has 6 nitrogen and oxygen atoms in total. The van der Waals surface area contributed by atoms with E-state index >= 15 is 0 Å². The second-order valence-electron chi connectivity index (χ2n) is 10.4. The molecule has 218 valence electrons. The molecular weight excluding hydrogens is 468 g/mol. The second-order valence-corrected chi connectivity index (χ2v) is 10.4. The van der Waals surface area contributed by atoms with Crippen molar-refractivity contribution < 1.29 is 28.6 Å². The number of hydrogen-bond donors (Lipinski definition) is 0. The summed E-state index contributed by atoms with van der Waals surface area (Å²) in [6.45, 7) is 6.26. The highest BCUT2D eigenvalue weighted by Crippen LogP contribution is 2.13. The zero-order valence-corrected chi connectivity index (χ0v) is 24.5. The lowest BCUT2D eigenvalue weighted by Crippen LogP contribution is -2.30. The normalized spacial score (nSPS) is 11.0. The molecule has 0 spiro atoms. The van der Waals surface area contributed by atoms with E-state index in [1.54, 1.807) is 0 Å². The lowest BCUT2D eigenvalue weighted by molar-refractivity contribution is -0.167. The molecule has 0 bridgehead atoms. The minimum absolute atomic E-state index is 0.0719. The molecule has 0 rings (SSSR count). The van der Waals surface area contributed by atoms with Crippen LogP contribution in [-0.4, -0.2) is 37.2 Å². The smallest absolute Gasteiger partial charge is 0.306 e. The van der Waals surface area contributed by atoms with Crippen molar-refractivity contribution in [1.82, 2.24) is 0 Å². The van der Waals surface area contributed by atoms with E-state index in [1.165, 1.54) is 64.2 Å². The zero-order chi connectivity index (χ0) is 27.4. The van der Waals surface area contributed by atoms with Crippen LogP contribution in [0.5, 0.6) is 0 Å². The van der Waals surface area contributed by atoms with Crippen LogP contribution >= 0.6 is 0 Å². The van der Waals surface area contributed by atoms with Crippen LogP contribution in [-0.2, 0) is 28.6 Å². The van der Waals surface area contributed by atoms with E-state index in [4.69, 9.17) is 14.2 Å². The maximum Gasteiger partial charge on any atom is 0.306 e.